The van der Waals surface area contributed by atoms with E-state index in [4.69, 9.17) is 9.72 Å². The van der Waals surface area contributed by atoms with E-state index in [1.54, 1.807) is 0 Å². The molecule has 2 aliphatic heterocycles. The summed E-state index contributed by atoms with van der Waals surface area (Å²) in [5.41, 5.74) is 0.929. The molecule has 2 fully saturated rings. The van der Waals surface area contributed by atoms with E-state index in [2.05, 4.69) is 27.3 Å². The molecule has 0 aromatic carbocycles. The zero-order valence-corrected chi connectivity index (χ0v) is 17.0. The highest BCUT2D eigenvalue weighted by atomic mass is 32.1. The van der Waals surface area contributed by atoms with Gasteiger partial charge in [0.25, 0.3) is 0 Å². The summed E-state index contributed by atoms with van der Waals surface area (Å²) in [6.45, 7) is 6.37. The van der Waals surface area contributed by atoms with E-state index >= 15 is 0 Å². The van der Waals surface area contributed by atoms with Gasteiger partial charge in [0.1, 0.15) is 10.8 Å². The van der Waals surface area contributed by atoms with Gasteiger partial charge >= 0.3 is 0 Å². The molecule has 150 valence electrons. The van der Waals surface area contributed by atoms with Gasteiger partial charge in [0, 0.05) is 19.6 Å². The maximum atomic E-state index is 12.9. The molecule has 2 aromatic rings. The zero-order chi connectivity index (χ0) is 19.3. The molecule has 2 aliphatic rings. The van der Waals surface area contributed by atoms with Crippen LogP contribution in [0.5, 0.6) is 0 Å². The van der Waals surface area contributed by atoms with Crippen LogP contribution < -0.4 is 5.32 Å². The molecule has 1 unspecified atom stereocenters. The van der Waals surface area contributed by atoms with Crippen LogP contribution in [0.4, 0.5) is 10.9 Å². The number of carbonyl (C=O) groups excluding carboxylic acids is 1. The third kappa shape index (κ3) is 4.48. The monoisotopic (exact) mass is 402 g/mol. The van der Waals surface area contributed by atoms with E-state index in [1.165, 1.54) is 11.3 Å². The van der Waals surface area contributed by atoms with Gasteiger partial charge in [0.15, 0.2) is 0 Å². The zero-order valence-electron chi connectivity index (χ0n) is 16.1. The Bertz CT molecular complexity index is 807. The molecule has 0 aliphatic carbocycles. The minimum atomic E-state index is 0.0379. The Kier molecular flexibility index (Phi) is 6.13. The minimum Gasteiger partial charge on any atom is -0.379 e. The fourth-order valence-electron chi connectivity index (χ4n) is 3.68. The van der Waals surface area contributed by atoms with Gasteiger partial charge in [-0.3, -0.25) is 9.69 Å². The summed E-state index contributed by atoms with van der Waals surface area (Å²) in [6, 6.07) is 5.95. The number of ether oxygens (including phenoxy) is 1. The highest BCUT2D eigenvalue weighted by Gasteiger charge is 2.32. The molecule has 0 saturated carbocycles. The molecule has 8 nitrogen and oxygen atoms in total. The first-order valence-corrected chi connectivity index (χ1v) is 10.7. The second-order valence-electron chi connectivity index (χ2n) is 7.06. The molecule has 0 spiro atoms. The molecule has 0 bridgehead atoms. The summed E-state index contributed by atoms with van der Waals surface area (Å²) in [4.78, 5) is 21.8. The number of nitrogens with zero attached hydrogens (tertiary/aromatic N) is 5. The molecule has 0 radical (unpaired) electrons. The first-order valence-electron chi connectivity index (χ1n) is 9.89. The van der Waals surface area contributed by atoms with Gasteiger partial charge in [-0.2, -0.15) is 0 Å². The predicted molar refractivity (Wildman–Crippen MR) is 108 cm³/mol. The first-order chi connectivity index (χ1) is 13.7. The maximum Gasteiger partial charge on any atom is 0.237 e. The van der Waals surface area contributed by atoms with Crippen LogP contribution in [-0.2, 0) is 16.0 Å². The number of amides is 1. The van der Waals surface area contributed by atoms with E-state index in [1.807, 2.05) is 23.1 Å². The quantitative estimate of drug-likeness (QED) is 0.793. The Morgan fingerprint density at radius 2 is 2.14 bits per heavy atom. The van der Waals surface area contributed by atoms with Crippen LogP contribution in [-0.4, -0.2) is 70.3 Å². The van der Waals surface area contributed by atoms with Crippen molar-refractivity contribution < 1.29 is 9.53 Å². The summed E-state index contributed by atoms with van der Waals surface area (Å²) in [6.07, 6.45) is 2.83. The predicted octanol–water partition coefficient (Wildman–Crippen LogP) is 2.23. The van der Waals surface area contributed by atoms with E-state index in [-0.39, 0.29) is 11.9 Å². The number of anilines is 2. The lowest BCUT2D eigenvalue weighted by Crippen LogP contribution is -2.44. The molecule has 2 aromatic heterocycles. The van der Waals surface area contributed by atoms with Crippen molar-refractivity contribution in [3.05, 3.63) is 28.9 Å². The Morgan fingerprint density at radius 3 is 2.93 bits per heavy atom. The van der Waals surface area contributed by atoms with Crippen LogP contribution in [0.3, 0.4) is 0 Å². The van der Waals surface area contributed by atoms with Gasteiger partial charge in [-0.05, 0) is 31.4 Å². The Hall–Kier alpha value is -2.10. The van der Waals surface area contributed by atoms with E-state index < -0.39 is 0 Å². The van der Waals surface area contributed by atoms with E-state index in [0.717, 1.165) is 60.5 Å². The average molecular weight is 403 g/mol. The third-order valence-electron chi connectivity index (χ3n) is 5.15. The lowest BCUT2D eigenvalue weighted by Gasteiger charge is -2.30. The van der Waals surface area contributed by atoms with Crippen molar-refractivity contribution in [1.82, 2.24) is 25.0 Å². The second-order valence-corrected chi connectivity index (χ2v) is 8.12. The number of nitrogens with one attached hydrogen (secondary N) is 1. The third-order valence-corrected chi connectivity index (χ3v) is 6.14. The van der Waals surface area contributed by atoms with Crippen molar-refractivity contribution in [3.63, 3.8) is 0 Å². The first kappa shape index (κ1) is 19.2. The van der Waals surface area contributed by atoms with Crippen LogP contribution >= 0.6 is 11.3 Å². The fraction of sp³-hybridized carbons (Fsp3) is 0.579. The van der Waals surface area contributed by atoms with Crippen LogP contribution in [0.2, 0.25) is 0 Å². The van der Waals surface area contributed by atoms with Gasteiger partial charge in [-0.1, -0.05) is 24.3 Å². The molecule has 4 rings (SSSR count). The number of aromatic nitrogens is 3. The number of hydrogen-bond donors (Lipinski definition) is 1. The molecular weight excluding hydrogens is 376 g/mol. The SMILES string of the molecule is CCc1nnc(Nc2cccc(C3CCCN3C(=O)CN3CCOCC3)n2)s1. The topological polar surface area (TPSA) is 83.5 Å². The smallest absolute Gasteiger partial charge is 0.237 e. The average Bonchev–Trinajstić information content (AvgIpc) is 3.38. The minimum absolute atomic E-state index is 0.0379. The van der Waals surface area contributed by atoms with Gasteiger partial charge < -0.3 is 15.0 Å². The number of likely N-dealkylation sites (tertiary alicyclic amines) is 1. The Labute approximate surface area is 168 Å². The highest BCUT2D eigenvalue weighted by molar-refractivity contribution is 7.15. The number of hydrogen-bond acceptors (Lipinski definition) is 8. The van der Waals surface area contributed by atoms with Crippen molar-refractivity contribution in [2.24, 2.45) is 0 Å². The van der Waals surface area contributed by atoms with Gasteiger partial charge in [-0.15, -0.1) is 10.2 Å². The van der Waals surface area contributed by atoms with Crippen molar-refractivity contribution in [1.29, 1.82) is 0 Å². The summed E-state index contributed by atoms with van der Waals surface area (Å²) in [5.74, 6) is 0.921. The second kappa shape index (κ2) is 8.93. The van der Waals surface area contributed by atoms with E-state index in [9.17, 15) is 4.79 Å². The number of morpholine rings is 1. The van der Waals surface area contributed by atoms with E-state index in [0.29, 0.717) is 19.8 Å². The molecule has 28 heavy (non-hydrogen) atoms. The summed E-state index contributed by atoms with van der Waals surface area (Å²) >= 11 is 1.54. The summed E-state index contributed by atoms with van der Waals surface area (Å²) in [5, 5.41) is 13.3. The van der Waals surface area contributed by atoms with Crippen LogP contribution in [0, 0.1) is 0 Å². The lowest BCUT2D eigenvalue weighted by molar-refractivity contribution is -0.134. The van der Waals surface area contributed by atoms with Gasteiger partial charge in [-0.25, -0.2) is 4.98 Å². The van der Waals surface area contributed by atoms with Crippen LogP contribution in [0.25, 0.3) is 0 Å². The van der Waals surface area contributed by atoms with Crippen molar-refractivity contribution >= 4 is 28.2 Å². The van der Waals surface area contributed by atoms with Crippen LogP contribution in [0.1, 0.15) is 36.5 Å². The van der Waals surface area contributed by atoms with Crippen molar-refractivity contribution in [2.75, 3.05) is 44.7 Å². The molecule has 4 heterocycles. The molecular formula is C19H26N6O2S. The Balaban J connectivity index is 1.44. The molecule has 2 saturated heterocycles. The van der Waals surface area contributed by atoms with Crippen LogP contribution in [0.15, 0.2) is 18.2 Å². The Morgan fingerprint density at radius 1 is 1.29 bits per heavy atom. The van der Waals surface area contributed by atoms with Crippen molar-refractivity contribution in [3.8, 4) is 0 Å². The van der Waals surface area contributed by atoms with Crippen molar-refractivity contribution in [2.45, 2.75) is 32.2 Å². The number of carbonyl (C=O) groups is 1. The normalized spacial score (nSPS) is 20.5. The summed E-state index contributed by atoms with van der Waals surface area (Å²) in [7, 11) is 0. The standard InChI is InChI=1S/C19H26N6O2S/c1-2-17-22-23-19(28-17)21-16-7-3-5-14(20-16)15-6-4-8-25(15)18(26)13-24-9-11-27-12-10-24/h3,5,7,15H,2,4,6,8-13H2,1H3,(H,20,21,23). The molecule has 9 heteroatoms. The number of pyridine rings is 1. The molecule has 1 amide bonds. The lowest BCUT2D eigenvalue weighted by atomic mass is 10.1. The van der Waals surface area contributed by atoms with Gasteiger partial charge in [0.05, 0.1) is 31.5 Å². The highest BCUT2D eigenvalue weighted by Crippen LogP contribution is 2.32. The summed E-state index contributed by atoms with van der Waals surface area (Å²) < 4.78 is 5.38. The number of aryl methyl sites for hydroxylation is 1. The number of rotatable bonds is 6. The largest absolute Gasteiger partial charge is 0.379 e. The molecule has 1 N–H and O–H groups in total. The molecule has 1 atom stereocenters. The maximum absolute atomic E-state index is 12.9. The fourth-order valence-corrected chi connectivity index (χ4v) is 4.36. The van der Waals surface area contributed by atoms with Gasteiger partial charge in [0.2, 0.25) is 11.0 Å².